The van der Waals surface area contributed by atoms with Gasteiger partial charge >= 0.3 is 5.97 Å². The number of allylic oxidation sites excluding steroid dienone is 2. The lowest BCUT2D eigenvalue weighted by Gasteiger charge is -2.27. The standard InChI is InChI=1S/C21H29NO3/c23-21(24)11-7-2-1-6-10-17-18(20-13-12-19(17)25-20)15-22-14-16-8-4-3-5-9-16/h1,3-6,8-9,17-20,22H,2,7,10-15H2,(H,23,24)/b6-1-/t17-,18+,19-,20+/m1/s1. The number of carboxylic acids is 1. The zero-order chi connectivity index (χ0) is 17.5. The van der Waals surface area contributed by atoms with Gasteiger partial charge in [-0.2, -0.15) is 0 Å². The van der Waals surface area contributed by atoms with Crippen LogP contribution in [0.4, 0.5) is 0 Å². The molecule has 2 fully saturated rings. The third-order valence-corrected chi connectivity index (χ3v) is 5.48. The van der Waals surface area contributed by atoms with Crippen LogP contribution in [0.25, 0.3) is 0 Å². The van der Waals surface area contributed by atoms with E-state index in [2.05, 4.69) is 41.7 Å². The molecule has 136 valence electrons. The maximum Gasteiger partial charge on any atom is 0.303 e. The first-order valence-electron chi connectivity index (χ1n) is 9.51. The topological polar surface area (TPSA) is 58.6 Å². The highest BCUT2D eigenvalue weighted by Gasteiger charge is 2.47. The summed E-state index contributed by atoms with van der Waals surface area (Å²) >= 11 is 0. The molecule has 4 nitrogen and oxygen atoms in total. The van der Waals surface area contributed by atoms with Crippen LogP contribution in [-0.4, -0.2) is 29.8 Å². The van der Waals surface area contributed by atoms with Crippen molar-refractivity contribution < 1.29 is 14.6 Å². The molecule has 0 aromatic heterocycles. The first-order chi connectivity index (χ1) is 12.2. The van der Waals surface area contributed by atoms with Gasteiger partial charge in [0.15, 0.2) is 0 Å². The SMILES string of the molecule is O=C(O)CCC/C=C\C[C@@H]1[C@H](CNCc2ccccc2)[C@@H]2CC[C@H]1O2. The van der Waals surface area contributed by atoms with Crippen molar-refractivity contribution in [2.45, 2.75) is 57.3 Å². The first-order valence-corrected chi connectivity index (χ1v) is 9.51. The van der Waals surface area contributed by atoms with Crippen molar-refractivity contribution in [3.8, 4) is 0 Å². The van der Waals surface area contributed by atoms with Gasteiger partial charge in [-0.05, 0) is 43.6 Å². The van der Waals surface area contributed by atoms with E-state index in [1.807, 2.05) is 6.07 Å². The molecule has 1 aromatic rings. The maximum atomic E-state index is 10.5. The number of nitrogens with one attached hydrogen (secondary N) is 1. The summed E-state index contributed by atoms with van der Waals surface area (Å²) < 4.78 is 6.16. The fraction of sp³-hybridized carbons (Fsp3) is 0.571. The van der Waals surface area contributed by atoms with Crippen molar-refractivity contribution >= 4 is 5.97 Å². The number of ether oxygens (including phenoxy) is 1. The molecule has 0 amide bonds. The van der Waals surface area contributed by atoms with E-state index in [1.54, 1.807) is 0 Å². The Hall–Kier alpha value is -1.65. The predicted octanol–water partition coefficient (Wildman–Crippen LogP) is 3.77. The Labute approximate surface area is 150 Å². The Morgan fingerprint density at radius 1 is 1.16 bits per heavy atom. The third kappa shape index (κ3) is 5.16. The molecule has 0 radical (unpaired) electrons. The number of benzene rings is 1. The van der Waals surface area contributed by atoms with Crippen molar-refractivity contribution in [2.24, 2.45) is 11.8 Å². The molecular formula is C21H29NO3. The van der Waals surface area contributed by atoms with Gasteiger partial charge in [-0.3, -0.25) is 4.79 Å². The molecule has 2 aliphatic rings. The Balaban J connectivity index is 1.43. The van der Waals surface area contributed by atoms with Gasteiger partial charge in [0.1, 0.15) is 0 Å². The average molecular weight is 343 g/mol. The highest BCUT2D eigenvalue weighted by atomic mass is 16.5. The highest BCUT2D eigenvalue weighted by Crippen LogP contribution is 2.44. The van der Waals surface area contributed by atoms with Gasteiger partial charge in [0.05, 0.1) is 12.2 Å². The molecule has 1 aromatic carbocycles. The summed E-state index contributed by atoms with van der Waals surface area (Å²) in [7, 11) is 0. The van der Waals surface area contributed by atoms with Gasteiger partial charge in [-0.1, -0.05) is 42.5 Å². The van der Waals surface area contributed by atoms with Crippen LogP contribution in [0.1, 0.15) is 44.1 Å². The number of rotatable bonds is 10. The Morgan fingerprint density at radius 2 is 1.92 bits per heavy atom. The second-order valence-electron chi connectivity index (χ2n) is 7.23. The minimum atomic E-state index is -0.709. The van der Waals surface area contributed by atoms with Crippen LogP contribution in [0.3, 0.4) is 0 Å². The molecule has 0 saturated carbocycles. The molecule has 2 bridgehead atoms. The smallest absolute Gasteiger partial charge is 0.303 e. The molecule has 2 N–H and O–H groups in total. The van der Waals surface area contributed by atoms with Crippen LogP contribution in [0.5, 0.6) is 0 Å². The quantitative estimate of drug-likeness (QED) is 0.501. The Bertz CT molecular complexity index is 572. The van der Waals surface area contributed by atoms with Gasteiger partial charge in [0.25, 0.3) is 0 Å². The average Bonchev–Trinajstić information content (AvgIpc) is 3.21. The lowest BCUT2D eigenvalue weighted by molar-refractivity contribution is -0.137. The molecule has 25 heavy (non-hydrogen) atoms. The van der Waals surface area contributed by atoms with E-state index in [4.69, 9.17) is 9.84 Å². The van der Waals surface area contributed by atoms with Gasteiger partial charge in [0, 0.05) is 25.4 Å². The Morgan fingerprint density at radius 3 is 2.68 bits per heavy atom. The maximum absolute atomic E-state index is 10.5. The number of hydrogen-bond donors (Lipinski definition) is 2. The van der Waals surface area contributed by atoms with Crippen LogP contribution in [-0.2, 0) is 16.1 Å². The molecule has 4 heteroatoms. The summed E-state index contributed by atoms with van der Waals surface area (Å²) in [6, 6.07) is 10.5. The van der Waals surface area contributed by atoms with Crippen molar-refractivity contribution in [2.75, 3.05) is 6.54 Å². The van der Waals surface area contributed by atoms with Crippen molar-refractivity contribution in [1.29, 1.82) is 0 Å². The second kappa shape index (κ2) is 9.16. The van der Waals surface area contributed by atoms with Gasteiger partial charge < -0.3 is 15.2 Å². The van der Waals surface area contributed by atoms with Gasteiger partial charge in [0.2, 0.25) is 0 Å². The highest BCUT2D eigenvalue weighted by molar-refractivity contribution is 5.66. The fourth-order valence-electron chi connectivity index (χ4n) is 4.20. The van der Waals surface area contributed by atoms with Crippen LogP contribution in [0, 0.1) is 11.8 Å². The van der Waals surface area contributed by atoms with Gasteiger partial charge in [-0.15, -0.1) is 0 Å². The number of aliphatic carboxylic acids is 1. The Kier molecular flexibility index (Phi) is 6.65. The van der Waals surface area contributed by atoms with Crippen LogP contribution < -0.4 is 5.32 Å². The molecule has 2 saturated heterocycles. The number of hydrogen-bond acceptors (Lipinski definition) is 3. The second-order valence-corrected chi connectivity index (χ2v) is 7.23. The van der Waals surface area contributed by atoms with Crippen molar-refractivity contribution in [3.63, 3.8) is 0 Å². The zero-order valence-electron chi connectivity index (χ0n) is 14.8. The lowest BCUT2D eigenvalue weighted by Crippen LogP contribution is -2.35. The van der Waals surface area contributed by atoms with E-state index in [0.717, 1.165) is 32.4 Å². The summed E-state index contributed by atoms with van der Waals surface area (Å²) in [4.78, 5) is 10.5. The monoisotopic (exact) mass is 343 g/mol. The van der Waals surface area contributed by atoms with Crippen molar-refractivity contribution in [3.05, 3.63) is 48.0 Å². The molecule has 2 heterocycles. The lowest BCUT2D eigenvalue weighted by atomic mass is 9.77. The van der Waals surface area contributed by atoms with Gasteiger partial charge in [-0.25, -0.2) is 0 Å². The number of fused-ring (bicyclic) bond motifs is 2. The minimum Gasteiger partial charge on any atom is -0.481 e. The first kappa shape index (κ1) is 18.2. The molecule has 0 aliphatic carbocycles. The van der Waals surface area contributed by atoms with E-state index in [-0.39, 0.29) is 6.42 Å². The third-order valence-electron chi connectivity index (χ3n) is 5.48. The summed E-state index contributed by atoms with van der Waals surface area (Å²) in [6.07, 6.45) is 10.5. The van der Waals surface area contributed by atoms with E-state index < -0.39 is 5.97 Å². The number of carbonyl (C=O) groups is 1. The normalized spacial score (nSPS) is 28.0. The predicted molar refractivity (Wildman–Crippen MR) is 98.3 cm³/mol. The molecule has 2 aliphatic heterocycles. The van der Waals surface area contributed by atoms with E-state index in [0.29, 0.717) is 24.0 Å². The molecule has 0 spiro atoms. The van der Waals surface area contributed by atoms with E-state index in [1.165, 1.54) is 18.4 Å². The van der Waals surface area contributed by atoms with Crippen LogP contribution in [0.2, 0.25) is 0 Å². The number of unbranched alkanes of at least 4 members (excludes halogenated alkanes) is 1. The van der Waals surface area contributed by atoms with Crippen molar-refractivity contribution in [1.82, 2.24) is 5.32 Å². The molecule has 0 unspecified atom stereocenters. The van der Waals surface area contributed by atoms with E-state index in [9.17, 15) is 4.79 Å². The zero-order valence-corrected chi connectivity index (χ0v) is 14.8. The van der Waals surface area contributed by atoms with Crippen LogP contribution in [0.15, 0.2) is 42.5 Å². The largest absolute Gasteiger partial charge is 0.481 e. The summed E-state index contributed by atoms with van der Waals surface area (Å²) in [5, 5.41) is 12.3. The summed E-state index contributed by atoms with van der Waals surface area (Å²) in [5.74, 6) is 0.475. The molecule has 3 rings (SSSR count). The van der Waals surface area contributed by atoms with E-state index >= 15 is 0 Å². The van der Waals surface area contributed by atoms with Crippen LogP contribution >= 0.6 is 0 Å². The summed E-state index contributed by atoms with van der Waals surface area (Å²) in [6.45, 7) is 1.92. The fourth-order valence-corrected chi connectivity index (χ4v) is 4.20. The molecular weight excluding hydrogens is 314 g/mol. The minimum absolute atomic E-state index is 0.258. The number of carboxylic acid groups (broad SMARTS) is 1. The summed E-state index contributed by atoms with van der Waals surface area (Å²) in [5.41, 5.74) is 1.32. The molecule has 4 atom stereocenters.